The van der Waals surface area contributed by atoms with Crippen LogP contribution in [-0.4, -0.2) is 41.5 Å². The van der Waals surface area contributed by atoms with Crippen molar-refractivity contribution in [2.45, 2.75) is 38.8 Å². The molecule has 1 aliphatic heterocycles. The first-order valence-electron chi connectivity index (χ1n) is 5.13. The van der Waals surface area contributed by atoms with Crippen molar-refractivity contribution >= 4 is 13.0 Å². The molecule has 1 saturated heterocycles. The number of hydrogen-bond acceptors (Lipinski definition) is 5. The summed E-state index contributed by atoms with van der Waals surface area (Å²) >= 11 is 0. The second kappa shape index (κ2) is 5.23. The Kier molecular flexibility index (Phi) is 4.22. The van der Waals surface area contributed by atoms with Crippen molar-refractivity contribution in [2.75, 3.05) is 6.54 Å². The number of carbonyl (C=O) groups excluding carboxylic acids is 1. The third-order valence-electron chi connectivity index (χ3n) is 2.59. The highest BCUT2D eigenvalue weighted by Gasteiger charge is 2.35. The molecule has 6 nitrogen and oxygen atoms in total. The zero-order chi connectivity index (χ0) is 11.4. The van der Waals surface area contributed by atoms with Gasteiger partial charge in [0.25, 0.3) is 0 Å². The summed E-state index contributed by atoms with van der Waals surface area (Å²) in [5.41, 5.74) is 0. The molecule has 1 heterocycles. The minimum atomic E-state index is -0.714. The molecule has 0 aliphatic carbocycles. The van der Waals surface area contributed by atoms with Gasteiger partial charge >= 0.3 is 7.05 Å². The summed E-state index contributed by atoms with van der Waals surface area (Å²) < 4.78 is 0. The summed E-state index contributed by atoms with van der Waals surface area (Å²) in [6, 6.07) is -0.339. The molecule has 0 aromatic rings. The van der Waals surface area contributed by atoms with Crippen LogP contribution in [0.3, 0.4) is 0 Å². The summed E-state index contributed by atoms with van der Waals surface area (Å²) in [7, 11) is -0.636. The number of rotatable bonds is 4. The normalized spacial score (nSPS) is 23.5. The van der Waals surface area contributed by atoms with Crippen LogP contribution in [0, 0.1) is 4.91 Å². The highest BCUT2D eigenvalue weighted by molar-refractivity contribution is 6.45. The summed E-state index contributed by atoms with van der Waals surface area (Å²) in [5.74, 6) is -0.236. The minimum absolute atomic E-state index is 0.236. The predicted molar refractivity (Wildman–Crippen MR) is 57.0 cm³/mol. The highest BCUT2D eigenvalue weighted by atomic mass is 16.3. The number of nitrogens with one attached hydrogen (secondary N) is 1. The minimum Gasteiger partial charge on any atom is -0.437 e. The quantitative estimate of drug-likeness (QED) is 0.500. The van der Waals surface area contributed by atoms with E-state index in [2.05, 4.69) is 10.5 Å². The van der Waals surface area contributed by atoms with E-state index in [1.54, 1.807) is 11.6 Å². The van der Waals surface area contributed by atoms with Gasteiger partial charge in [0.2, 0.25) is 5.91 Å². The average Bonchev–Trinajstić information content (AvgIpc) is 2.65. The lowest BCUT2D eigenvalue weighted by atomic mass is 9.84. The number of hydrogen-bond donors (Lipinski definition) is 2. The topological polar surface area (TPSA) is 82.0 Å². The van der Waals surface area contributed by atoms with Crippen molar-refractivity contribution in [1.29, 1.82) is 0 Å². The first kappa shape index (κ1) is 12.1. The summed E-state index contributed by atoms with van der Waals surface area (Å²) in [4.78, 5) is 23.5. The van der Waals surface area contributed by atoms with Gasteiger partial charge in [-0.25, -0.2) is 0 Å². The van der Waals surface area contributed by atoms with E-state index in [-0.39, 0.29) is 11.9 Å². The Hall–Kier alpha value is -0.945. The number of nitrogens with zero attached hydrogens (tertiary/aromatic N) is 2. The Morgan fingerprint density at radius 1 is 1.73 bits per heavy atom. The fourth-order valence-corrected chi connectivity index (χ4v) is 1.85. The van der Waals surface area contributed by atoms with Crippen molar-refractivity contribution in [3.63, 3.8) is 0 Å². The molecule has 0 aromatic carbocycles. The maximum absolute atomic E-state index is 11.7. The Bertz CT molecular complexity index is 249. The summed E-state index contributed by atoms with van der Waals surface area (Å²) in [6.45, 7) is 3.86. The Balaban J connectivity index is 2.54. The van der Waals surface area contributed by atoms with Crippen LogP contribution in [0.15, 0.2) is 5.18 Å². The van der Waals surface area contributed by atoms with Gasteiger partial charge in [-0.3, -0.25) is 4.79 Å². The molecule has 1 aliphatic rings. The smallest absolute Gasteiger partial charge is 0.377 e. The van der Waals surface area contributed by atoms with E-state index in [1.807, 2.05) is 0 Å². The zero-order valence-corrected chi connectivity index (χ0v) is 9.01. The maximum Gasteiger partial charge on any atom is 0.377 e. The molecule has 1 rings (SSSR count). The van der Waals surface area contributed by atoms with Crippen LogP contribution in [-0.2, 0) is 4.79 Å². The Labute approximate surface area is 89.1 Å². The van der Waals surface area contributed by atoms with Gasteiger partial charge in [-0.1, -0.05) is 0 Å². The molecule has 84 valence electrons. The van der Waals surface area contributed by atoms with Crippen LogP contribution in [0.1, 0.15) is 19.8 Å². The molecule has 1 unspecified atom stereocenters. The van der Waals surface area contributed by atoms with Gasteiger partial charge < -0.3 is 15.2 Å². The number of amides is 1. The van der Waals surface area contributed by atoms with Crippen LogP contribution in [0.4, 0.5) is 0 Å². The second-order valence-electron chi connectivity index (χ2n) is 3.82. The zero-order valence-electron chi connectivity index (χ0n) is 9.01. The van der Waals surface area contributed by atoms with E-state index in [0.717, 1.165) is 6.42 Å². The average molecular weight is 213 g/mol. The lowest BCUT2D eigenvalue weighted by Crippen LogP contribution is -2.50. The van der Waals surface area contributed by atoms with E-state index in [4.69, 9.17) is 0 Å². The van der Waals surface area contributed by atoms with E-state index in [1.165, 1.54) is 6.92 Å². The molecule has 7 heteroatoms. The van der Waals surface area contributed by atoms with Crippen molar-refractivity contribution in [1.82, 2.24) is 10.1 Å². The van der Waals surface area contributed by atoms with Gasteiger partial charge in [0.1, 0.15) is 0 Å². The standard InChI is InChI=1S/C8H16BN3O3/c1-6(11-15)10-8(13)7-4-3-5-12(7)9(2)14/h6-7,14H,3-5H2,1-2H3,(H,10,13)/t6?,7-/m0/s1. The van der Waals surface area contributed by atoms with Crippen LogP contribution >= 0.6 is 0 Å². The molecule has 0 saturated carbocycles. The third kappa shape index (κ3) is 3.00. The predicted octanol–water partition coefficient (Wildman–Crippen LogP) is -0.210. The lowest BCUT2D eigenvalue weighted by molar-refractivity contribution is -0.125. The van der Waals surface area contributed by atoms with Crippen molar-refractivity contribution in [3.8, 4) is 0 Å². The van der Waals surface area contributed by atoms with E-state index >= 15 is 0 Å². The van der Waals surface area contributed by atoms with Gasteiger partial charge in [-0.15, -0.1) is 4.91 Å². The highest BCUT2D eigenvalue weighted by Crippen LogP contribution is 2.18. The third-order valence-corrected chi connectivity index (χ3v) is 2.59. The molecular weight excluding hydrogens is 197 g/mol. The van der Waals surface area contributed by atoms with Crippen molar-refractivity contribution in [2.24, 2.45) is 5.18 Å². The summed E-state index contributed by atoms with van der Waals surface area (Å²) in [6.07, 6.45) is 0.878. The maximum atomic E-state index is 11.7. The van der Waals surface area contributed by atoms with Crippen molar-refractivity contribution in [3.05, 3.63) is 4.91 Å². The molecule has 0 bridgehead atoms. The molecule has 0 radical (unpaired) electrons. The Morgan fingerprint density at radius 2 is 2.40 bits per heavy atom. The van der Waals surface area contributed by atoms with Gasteiger partial charge in [0.15, 0.2) is 6.17 Å². The molecule has 1 amide bonds. The fraction of sp³-hybridized carbons (Fsp3) is 0.875. The Morgan fingerprint density at radius 3 is 2.93 bits per heavy atom. The van der Waals surface area contributed by atoms with Gasteiger partial charge in [-0.2, -0.15) is 0 Å². The molecule has 0 aromatic heterocycles. The van der Waals surface area contributed by atoms with Crippen molar-refractivity contribution < 1.29 is 9.82 Å². The van der Waals surface area contributed by atoms with E-state index in [9.17, 15) is 14.7 Å². The lowest BCUT2D eigenvalue weighted by Gasteiger charge is -2.24. The first-order chi connectivity index (χ1) is 7.06. The van der Waals surface area contributed by atoms with E-state index in [0.29, 0.717) is 13.0 Å². The molecule has 0 spiro atoms. The first-order valence-corrected chi connectivity index (χ1v) is 5.13. The SMILES string of the molecule is CB(O)N1CCC[C@H]1C(=O)NC(C)N=O. The van der Waals surface area contributed by atoms with E-state index < -0.39 is 13.2 Å². The largest absolute Gasteiger partial charge is 0.437 e. The number of carbonyl (C=O) groups is 1. The monoisotopic (exact) mass is 213 g/mol. The van der Waals surface area contributed by atoms with Gasteiger partial charge in [0.05, 0.1) is 6.04 Å². The van der Waals surface area contributed by atoms with Gasteiger partial charge in [-0.05, 0) is 38.3 Å². The molecule has 1 fully saturated rings. The van der Waals surface area contributed by atoms with Gasteiger partial charge in [0, 0.05) is 0 Å². The molecule has 15 heavy (non-hydrogen) atoms. The van der Waals surface area contributed by atoms with Crippen LogP contribution in [0.25, 0.3) is 0 Å². The van der Waals surface area contributed by atoms with Crippen LogP contribution < -0.4 is 5.32 Å². The molecule has 2 N–H and O–H groups in total. The molecule has 2 atom stereocenters. The molecular formula is C8H16BN3O3. The fourth-order valence-electron chi connectivity index (χ4n) is 1.85. The van der Waals surface area contributed by atoms with Crippen LogP contribution in [0.2, 0.25) is 6.82 Å². The second-order valence-corrected chi connectivity index (χ2v) is 3.82. The number of nitroso groups, excluding NO2 is 1. The van der Waals surface area contributed by atoms with Crippen LogP contribution in [0.5, 0.6) is 0 Å². The summed E-state index contributed by atoms with van der Waals surface area (Å²) in [5, 5.41) is 14.6.